The summed E-state index contributed by atoms with van der Waals surface area (Å²) in [6, 6.07) is 7.40. The van der Waals surface area contributed by atoms with Crippen molar-refractivity contribution in [2.75, 3.05) is 21.3 Å². The normalized spacial score (nSPS) is 10.6. The molecular formula is C16H16O4S. The molecule has 0 atom stereocenters. The zero-order valence-electron chi connectivity index (χ0n) is 12.1. The molecule has 0 aliphatic heterocycles. The second-order valence-electron chi connectivity index (χ2n) is 4.13. The van der Waals surface area contributed by atoms with E-state index in [1.54, 1.807) is 30.6 Å². The summed E-state index contributed by atoms with van der Waals surface area (Å²) in [5.74, 6) is 0.595. The Morgan fingerprint density at radius 2 is 1.95 bits per heavy atom. The van der Waals surface area contributed by atoms with E-state index in [0.29, 0.717) is 22.6 Å². The molecule has 1 heterocycles. The number of hydrogen-bond acceptors (Lipinski definition) is 5. The molecule has 0 aliphatic rings. The van der Waals surface area contributed by atoms with Crippen molar-refractivity contribution < 1.29 is 19.0 Å². The van der Waals surface area contributed by atoms with E-state index in [1.807, 2.05) is 29.7 Å². The Balaban J connectivity index is 2.52. The molecule has 0 fully saturated rings. The number of esters is 1. The van der Waals surface area contributed by atoms with Crippen LogP contribution in [0, 0.1) is 0 Å². The molecule has 2 aromatic rings. The van der Waals surface area contributed by atoms with Gasteiger partial charge in [-0.1, -0.05) is 12.1 Å². The van der Waals surface area contributed by atoms with Gasteiger partial charge < -0.3 is 14.2 Å². The van der Waals surface area contributed by atoms with E-state index in [9.17, 15) is 4.79 Å². The van der Waals surface area contributed by atoms with Gasteiger partial charge in [0.15, 0.2) is 0 Å². The molecule has 4 nitrogen and oxygen atoms in total. The highest BCUT2D eigenvalue weighted by molar-refractivity contribution is 7.10. The highest BCUT2D eigenvalue weighted by atomic mass is 32.1. The van der Waals surface area contributed by atoms with Gasteiger partial charge in [0.1, 0.15) is 17.1 Å². The smallest absolute Gasteiger partial charge is 0.342 e. The van der Waals surface area contributed by atoms with Crippen molar-refractivity contribution in [2.24, 2.45) is 0 Å². The molecule has 0 aliphatic carbocycles. The summed E-state index contributed by atoms with van der Waals surface area (Å²) >= 11 is 1.62. The van der Waals surface area contributed by atoms with Crippen LogP contribution >= 0.6 is 11.3 Å². The Morgan fingerprint density at radius 3 is 2.52 bits per heavy atom. The minimum Gasteiger partial charge on any atom is -0.497 e. The molecule has 0 bridgehead atoms. The van der Waals surface area contributed by atoms with Crippen molar-refractivity contribution in [3.8, 4) is 11.5 Å². The minimum atomic E-state index is -0.444. The number of carbonyl (C=O) groups excluding carboxylic acids is 1. The molecule has 0 saturated heterocycles. The lowest BCUT2D eigenvalue weighted by molar-refractivity contribution is 0.0597. The van der Waals surface area contributed by atoms with Crippen LogP contribution in [-0.2, 0) is 4.74 Å². The fourth-order valence-corrected chi connectivity index (χ4v) is 2.52. The monoisotopic (exact) mass is 304 g/mol. The van der Waals surface area contributed by atoms with Gasteiger partial charge in [-0.2, -0.15) is 0 Å². The first-order valence-electron chi connectivity index (χ1n) is 6.25. The average Bonchev–Trinajstić information content (AvgIpc) is 3.04. The summed E-state index contributed by atoms with van der Waals surface area (Å²) in [6.07, 6.45) is 3.79. The summed E-state index contributed by atoms with van der Waals surface area (Å²) in [6.45, 7) is 0. The summed E-state index contributed by atoms with van der Waals surface area (Å²) in [7, 11) is 4.42. The lowest BCUT2D eigenvalue weighted by Crippen LogP contribution is -2.07. The second-order valence-corrected chi connectivity index (χ2v) is 5.11. The van der Waals surface area contributed by atoms with Gasteiger partial charge >= 0.3 is 5.97 Å². The number of benzene rings is 1. The second kappa shape index (κ2) is 6.95. The minimum absolute atomic E-state index is 0.383. The molecule has 0 amide bonds. The Hall–Kier alpha value is -2.27. The highest BCUT2D eigenvalue weighted by Gasteiger charge is 2.18. The molecular weight excluding hydrogens is 288 g/mol. The zero-order chi connectivity index (χ0) is 15.2. The van der Waals surface area contributed by atoms with Crippen molar-refractivity contribution in [1.29, 1.82) is 0 Å². The fraction of sp³-hybridized carbons (Fsp3) is 0.188. The molecule has 1 aromatic carbocycles. The first-order valence-corrected chi connectivity index (χ1v) is 7.13. The topological polar surface area (TPSA) is 44.8 Å². The van der Waals surface area contributed by atoms with Crippen molar-refractivity contribution >= 4 is 29.5 Å². The molecule has 5 heteroatoms. The number of ether oxygens (including phenoxy) is 3. The van der Waals surface area contributed by atoms with Gasteiger partial charge in [0.05, 0.1) is 21.3 Å². The molecule has 0 radical (unpaired) electrons. The summed E-state index contributed by atoms with van der Waals surface area (Å²) in [5, 5.41) is 1.99. The number of rotatable bonds is 5. The summed E-state index contributed by atoms with van der Waals surface area (Å²) in [5.41, 5.74) is 1.07. The molecule has 0 spiro atoms. The van der Waals surface area contributed by atoms with Crippen molar-refractivity contribution in [1.82, 2.24) is 0 Å². The van der Waals surface area contributed by atoms with E-state index >= 15 is 0 Å². The molecule has 0 unspecified atom stereocenters. The Morgan fingerprint density at radius 1 is 1.14 bits per heavy atom. The van der Waals surface area contributed by atoms with Gasteiger partial charge in [0.2, 0.25) is 0 Å². The van der Waals surface area contributed by atoms with E-state index < -0.39 is 5.97 Å². The summed E-state index contributed by atoms with van der Waals surface area (Å²) < 4.78 is 15.4. The maximum atomic E-state index is 12.0. The maximum absolute atomic E-state index is 12.0. The number of methoxy groups -OCH3 is 3. The van der Waals surface area contributed by atoms with Crippen LogP contribution in [0.1, 0.15) is 20.8 Å². The summed E-state index contributed by atoms with van der Waals surface area (Å²) in [4.78, 5) is 13.1. The molecule has 2 rings (SSSR count). The molecule has 110 valence electrons. The van der Waals surface area contributed by atoms with Gasteiger partial charge in [-0.05, 0) is 29.2 Å². The number of thiophene rings is 1. The lowest BCUT2D eigenvalue weighted by atomic mass is 10.0. The highest BCUT2D eigenvalue weighted by Crippen LogP contribution is 2.31. The first kappa shape index (κ1) is 15.1. The number of carbonyl (C=O) groups is 1. The van der Waals surface area contributed by atoms with Gasteiger partial charge in [-0.25, -0.2) is 4.79 Å². The van der Waals surface area contributed by atoms with E-state index in [4.69, 9.17) is 14.2 Å². The fourth-order valence-electron chi connectivity index (χ4n) is 1.90. The third-order valence-electron chi connectivity index (χ3n) is 2.92. The quantitative estimate of drug-likeness (QED) is 0.790. The maximum Gasteiger partial charge on any atom is 0.342 e. The van der Waals surface area contributed by atoms with Crippen molar-refractivity contribution in [3.05, 3.63) is 45.6 Å². The van der Waals surface area contributed by atoms with Gasteiger partial charge in [-0.15, -0.1) is 11.3 Å². The largest absolute Gasteiger partial charge is 0.497 e. The van der Waals surface area contributed by atoms with Crippen LogP contribution in [0.25, 0.3) is 12.2 Å². The van der Waals surface area contributed by atoms with Crippen molar-refractivity contribution in [3.63, 3.8) is 0 Å². The van der Waals surface area contributed by atoms with E-state index in [2.05, 4.69) is 0 Å². The van der Waals surface area contributed by atoms with E-state index in [1.165, 1.54) is 14.2 Å². The van der Waals surface area contributed by atoms with Crippen LogP contribution in [0.3, 0.4) is 0 Å². The molecule has 0 N–H and O–H groups in total. The SMILES string of the molecule is COC(=O)c1c(/C=C/c2cccs2)cc(OC)cc1OC. The molecule has 0 saturated carbocycles. The predicted octanol–water partition coefficient (Wildman–Crippen LogP) is 3.72. The van der Waals surface area contributed by atoms with Gasteiger partial charge in [0, 0.05) is 10.9 Å². The Labute approximate surface area is 127 Å². The van der Waals surface area contributed by atoms with Crippen LogP contribution in [0.4, 0.5) is 0 Å². The van der Waals surface area contributed by atoms with Crippen LogP contribution in [-0.4, -0.2) is 27.3 Å². The van der Waals surface area contributed by atoms with Crippen LogP contribution in [0.2, 0.25) is 0 Å². The Kier molecular flexibility index (Phi) is 5.00. The third-order valence-corrected chi connectivity index (χ3v) is 3.76. The average molecular weight is 304 g/mol. The van der Waals surface area contributed by atoms with Crippen molar-refractivity contribution in [2.45, 2.75) is 0 Å². The molecule has 21 heavy (non-hydrogen) atoms. The Bertz CT molecular complexity index is 645. The van der Waals surface area contributed by atoms with Gasteiger partial charge in [0.25, 0.3) is 0 Å². The van der Waals surface area contributed by atoms with Crippen LogP contribution < -0.4 is 9.47 Å². The predicted molar refractivity (Wildman–Crippen MR) is 84.1 cm³/mol. The molecule has 1 aromatic heterocycles. The van der Waals surface area contributed by atoms with Crippen LogP contribution in [0.15, 0.2) is 29.6 Å². The number of hydrogen-bond donors (Lipinski definition) is 0. The first-order chi connectivity index (χ1) is 10.2. The zero-order valence-corrected chi connectivity index (χ0v) is 12.9. The van der Waals surface area contributed by atoms with Crippen LogP contribution in [0.5, 0.6) is 11.5 Å². The van der Waals surface area contributed by atoms with Gasteiger partial charge in [-0.3, -0.25) is 0 Å². The lowest BCUT2D eigenvalue weighted by Gasteiger charge is -2.12. The van der Waals surface area contributed by atoms with E-state index in [0.717, 1.165) is 4.88 Å². The van der Waals surface area contributed by atoms with E-state index in [-0.39, 0.29) is 0 Å². The third kappa shape index (κ3) is 3.44. The standard InChI is InChI=1S/C16H16O4S/c1-18-12-9-11(6-7-13-5-4-8-21-13)15(16(17)20-3)14(10-12)19-2/h4-10H,1-3H3/b7-6+.